The Labute approximate surface area is 160 Å². The van der Waals surface area contributed by atoms with Crippen LogP contribution in [0.2, 0.25) is 0 Å². The zero-order valence-corrected chi connectivity index (χ0v) is 15.6. The molecule has 4 rings (SSSR count). The van der Waals surface area contributed by atoms with Crippen molar-refractivity contribution < 1.29 is 9.15 Å². The van der Waals surface area contributed by atoms with Crippen LogP contribution in [0.25, 0.3) is 11.5 Å². The summed E-state index contributed by atoms with van der Waals surface area (Å²) < 4.78 is 11.4. The van der Waals surface area contributed by atoms with Crippen LogP contribution < -0.4 is 4.74 Å². The Morgan fingerprint density at radius 1 is 0.926 bits per heavy atom. The van der Waals surface area contributed by atoms with Gasteiger partial charge < -0.3 is 9.15 Å². The first kappa shape index (κ1) is 17.8. The molecule has 1 aromatic heterocycles. The molecule has 0 unspecified atom stereocenters. The number of aromatic nitrogens is 1. The molecule has 2 aromatic carbocycles. The maximum atomic E-state index is 5.87. The summed E-state index contributed by atoms with van der Waals surface area (Å²) in [6.07, 6.45) is 6.48. The van der Waals surface area contributed by atoms with E-state index >= 15 is 0 Å². The van der Waals surface area contributed by atoms with Gasteiger partial charge in [0, 0.05) is 18.5 Å². The van der Waals surface area contributed by atoms with E-state index in [1.807, 2.05) is 30.3 Å². The Morgan fingerprint density at radius 3 is 2.48 bits per heavy atom. The fraction of sp³-hybridized carbons (Fsp3) is 0.348. The molecule has 0 spiro atoms. The Balaban J connectivity index is 1.25. The molecule has 1 aliphatic rings. The van der Waals surface area contributed by atoms with E-state index in [2.05, 4.69) is 34.1 Å². The molecule has 4 nitrogen and oxygen atoms in total. The summed E-state index contributed by atoms with van der Waals surface area (Å²) in [6.45, 7) is 4.08. The van der Waals surface area contributed by atoms with Gasteiger partial charge in [-0.15, -0.1) is 0 Å². The summed E-state index contributed by atoms with van der Waals surface area (Å²) in [5.74, 6) is 1.57. The van der Waals surface area contributed by atoms with Gasteiger partial charge in [-0.05, 0) is 55.8 Å². The fourth-order valence-corrected chi connectivity index (χ4v) is 3.48. The number of likely N-dealkylation sites (tertiary alicyclic amines) is 1. The first-order valence-electron chi connectivity index (χ1n) is 9.81. The minimum Gasteiger partial charge on any atom is -0.493 e. The molecule has 0 aliphatic carbocycles. The molecule has 2 heterocycles. The number of hydrogen-bond donors (Lipinski definition) is 0. The molecule has 0 saturated carbocycles. The van der Waals surface area contributed by atoms with Gasteiger partial charge in [0.15, 0.2) is 0 Å². The van der Waals surface area contributed by atoms with E-state index in [4.69, 9.17) is 9.15 Å². The highest BCUT2D eigenvalue weighted by Gasteiger charge is 2.10. The second-order valence-corrected chi connectivity index (χ2v) is 7.09. The molecular weight excluding hydrogens is 336 g/mol. The molecule has 0 amide bonds. The van der Waals surface area contributed by atoms with Gasteiger partial charge >= 0.3 is 0 Å². The molecular formula is C23H26N2O2. The molecule has 1 fully saturated rings. The Bertz CT molecular complexity index is 821. The predicted octanol–water partition coefficient (Wildman–Crippen LogP) is 4.95. The van der Waals surface area contributed by atoms with Crippen molar-refractivity contribution in [2.45, 2.75) is 32.2 Å². The van der Waals surface area contributed by atoms with Crippen molar-refractivity contribution in [1.29, 1.82) is 0 Å². The highest BCUT2D eigenvalue weighted by Crippen LogP contribution is 2.19. The summed E-state index contributed by atoms with van der Waals surface area (Å²) in [5, 5.41) is 0. The molecule has 0 radical (unpaired) electrons. The topological polar surface area (TPSA) is 38.5 Å². The van der Waals surface area contributed by atoms with Crippen LogP contribution in [0, 0.1) is 0 Å². The van der Waals surface area contributed by atoms with E-state index < -0.39 is 0 Å². The van der Waals surface area contributed by atoms with Crippen LogP contribution >= 0.6 is 0 Å². The monoisotopic (exact) mass is 362 g/mol. The third-order valence-corrected chi connectivity index (χ3v) is 4.98. The molecule has 3 aromatic rings. The van der Waals surface area contributed by atoms with Crippen molar-refractivity contribution in [3.05, 3.63) is 72.1 Å². The lowest BCUT2D eigenvalue weighted by Crippen LogP contribution is -2.28. The van der Waals surface area contributed by atoms with Crippen LogP contribution in [0.3, 0.4) is 0 Å². The van der Waals surface area contributed by atoms with Crippen molar-refractivity contribution in [2.75, 3.05) is 19.7 Å². The van der Waals surface area contributed by atoms with Gasteiger partial charge in [0.25, 0.3) is 0 Å². The minimum atomic E-state index is 0.590. The lowest BCUT2D eigenvalue weighted by Gasteiger charge is -2.26. The Hall–Kier alpha value is -2.59. The van der Waals surface area contributed by atoms with Crippen molar-refractivity contribution in [3.63, 3.8) is 0 Å². The van der Waals surface area contributed by atoms with Gasteiger partial charge in [0.1, 0.15) is 12.0 Å². The normalized spacial score (nSPS) is 15.0. The maximum absolute atomic E-state index is 5.87. The van der Waals surface area contributed by atoms with E-state index in [0.717, 1.165) is 30.0 Å². The number of piperidine rings is 1. The number of rotatable bonds is 7. The number of benzene rings is 2. The van der Waals surface area contributed by atoms with E-state index in [1.54, 1.807) is 6.26 Å². The summed E-state index contributed by atoms with van der Waals surface area (Å²) >= 11 is 0. The van der Waals surface area contributed by atoms with Gasteiger partial charge in [-0.2, -0.15) is 0 Å². The molecule has 0 N–H and O–H groups in total. The largest absolute Gasteiger partial charge is 0.493 e. The quantitative estimate of drug-likeness (QED) is 0.596. The van der Waals surface area contributed by atoms with E-state index in [-0.39, 0.29) is 0 Å². The van der Waals surface area contributed by atoms with Crippen LogP contribution in [0.4, 0.5) is 0 Å². The van der Waals surface area contributed by atoms with Crippen LogP contribution in [-0.2, 0) is 13.0 Å². The molecule has 140 valence electrons. The Kier molecular flexibility index (Phi) is 5.85. The second kappa shape index (κ2) is 8.87. The highest BCUT2D eigenvalue weighted by atomic mass is 16.5. The van der Waals surface area contributed by atoms with Crippen molar-refractivity contribution in [2.24, 2.45) is 0 Å². The first-order chi connectivity index (χ1) is 13.4. The molecule has 4 heteroatoms. The maximum Gasteiger partial charge on any atom is 0.226 e. The zero-order valence-electron chi connectivity index (χ0n) is 15.6. The smallest absolute Gasteiger partial charge is 0.226 e. The average molecular weight is 362 g/mol. The van der Waals surface area contributed by atoms with Gasteiger partial charge in [-0.1, -0.05) is 36.8 Å². The molecule has 0 bridgehead atoms. The van der Waals surface area contributed by atoms with Crippen molar-refractivity contribution >= 4 is 0 Å². The Morgan fingerprint density at radius 2 is 1.70 bits per heavy atom. The van der Waals surface area contributed by atoms with Crippen LogP contribution in [0.15, 0.2) is 65.3 Å². The van der Waals surface area contributed by atoms with Crippen molar-refractivity contribution in [3.8, 4) is 17.2 Å². The number of oxazole rings is 1. The third-order valence-electron chi connectivity index (χ3n) is 4.98. The molecule has 1 aliphatic heterocycles. The lowest BCUT2D eigenvalue weighted by atomic mass is 10.1. The van der Waals surface area contributed by atoms with Gasteiger partial charge in [0.05, 0.1) is 12.3 Å². The fourth-order valence-electron chi connectivity index (χ4n) is 3.48. The van der Waals surface area contributed by atoms with Crippen molar-refractivity contribution in [1.82, 2.24) is 9.88 Å². The number of ether oxygens (including phenoxy) is 1. The van der Waals surface area contributed by atoms with E-state index in [1.165, 1.54) is 37.9 Å². The van der Waals surface area contributed by atoms with Crippen LogP contribution in [-0.4, -0.2) is 29.6 Å². The average Bonchev–Trinajstić information content (AvgIpc) is 3.20. The highest BCUT2D eigenvalue weighted by molar-refractivity contribution is 5.52. The van der Waals surface area contributed by atoms with E-state index in [9.17, 15) is 0 Å². The molecule has 1 saturated heterocycles. The number of hydrogen-bond acceptors (Lipinski definition) is 4. The summed E-state index contributed by atoms with van der Waals surface area (Å²) in [4.78, 5) is 7.07. The summed E-state index contributed by atoms with van der Waals surface area (Å²) in [7, 11) is 0. The van der Waals surface area contributed by atoms with E-state index in [0.29, 0.717) is 12.5 Å². The van der Waals surface area contributed by atoms with Crippen LogP contribution in [0.5, 0.6) is 5.75 Å². The SMILES string of the molecule is c1ccc(-c2nc(CCOc3ccc(CN4CCCCC4)cc3)co2)cc1. The standard InChI is InChI=1S/C23H26N2O2/c1-3-7-20(8-4-1)23-24-21(18-27-23)13-16-26-22-11-9-19(10-12-22)17-25-14-5-2-6-15-25/h1,3-4,7-12,18H,2,5-6,13-17H2. The molecule has 27 heavy (non-hydrogen) atoms. The lowest BCUT2D eigenvalue weighted by molar-refractivity contribution is 0.221. The van der Waals surface area contributed by atoms with Crippen LogP contribution in [0.1, 0.15) is 30.5 Å². The third kappa shape index (κ3) is 4.98. The summed E-state index contributed by atoms with van der Waals surface area (Å²) in [6, 6.07) is 18.4. The molecule has 0 atom stereocenters. The summed E-state index contributed by atoms with van der Waals surface area (Å²) in [5.41, 5.74) is 3.26. The van der Waals surface area contributed by atoms with Gasteiger partial charge in [-0.3, -0.25) is 4.90 Å². The number of nitrogens with zero attached hydrogens (tertiary/aromatic N) is 2. The zero-order chi connectivity index (χ0) is 18.3. The first-order valence-corrected chi connectivity index (χ1v) is 9.81. The van der Waals surface area contributed by atoms with Gasteiger partial charge in [0.2, 0.25) is 5.89 Å². The van der Waals surface area contributed by atoms with Gasteiger partial charge in [-0.25, -0.2) is 4.98 Å². The second-order valence-electron chi connectivity index (χ2n) is 7.09. The predicted molar refractivity (Wildman–Crippen MR) is 107 cm³/mol. The minimum absolute atomic E-state index is 0.590.